The van der Waals surface area contributed by atoms with E-state index in [-0.39, 0.29) is 23.4 Å². The van der Waals surface area contributed by atoms with E-state index in [0.29, 0.717) is 18.0 Å². The van der Waals surface area contributed by atoms with Crippen molar-refractivity contribution < 1.29 is 9.59 Å². The monoisotopic (exact) mass is 510 g/mol. The molecule has 1 heterocycles. The molecule has 0 unspecified atom stereocenters. The molecule has 2 fully saturated rings. The minimum Gasteiger partial charge on any atom is -0.343 e. The van der Waals surface area contributed by atoms with Crippen LogP contribution in [0.15, 0.2) is 66.9 Å². The molecule has 2 aliphatic carbocycles. The van der Waals surface area contributed by atoms with Gasteiger partial charge in [0.1, 0.15) is 0 Å². The first kappa shape index (κ1) is 26.1. The Bertz CT molecular complexity index is 1280. The number of amides is 2. The Morgan fingerprint density at radius 3 is 2.29 bits per heavy atom. The van der Waals surface area contributed by atoms with E-state index in [9.17, 15) is 9.59 Å². The van der Waals surface area contributed by atoms with Gasteiger partial charge in [-0.05, 0) is 68.1 Å². The predicted octanol–water partition coefficient (Wildman–Crippen LogP) is 6.12. The third kappa shape index (κ3) is 5.65. The minimum atomic E-state index is -0.190. The second-order valence-electron chi connectivity index (χ2n) is 11.1. The molecule has 0 saturated heterocycles. The van der Waals surface area contributed by atoms with Crippen LogP contribution in [0.1, 0.15) is 63.9 Å². The highest BCUT2D eigenvalue weighted by Crippen LogP contribution is 2.40. The van der Waals surface area contributed by atoms with Crippen molar-refractivity contribution in [3.05, 3.63) is 72.4 Å². The summed E-state index contributed by atoms with van der Waals surface area (Å²) < 4.78 is 0. The van der Waals surface area contributed by atoms with Gasteiger partial charge < -0.3 is 16.0 Å². The lowest BCUT2D eigenvalue weighted by molar-refractivity contribution is -0.130. The summed E-state index contributed by atoms with van der Waals surface area (Å²) >= 11 is 0. The molecule has 6 heteroatoms. The maximum absolute atomic E-state index is 13.0. The van der Waals surface area contributed by atoms with E-state index in [4.69, 9.17) is 10.7 Å². The average Bonchev–Trinajstić information content (AvgIpc) is 2.92. The molecule has 6 nitrogen and oxygen atoms in total. The number of carbonyl (C=O) groups excluding carboxylic acids is 2. The number of nitrogens with one attached hydrogen (secondary N) is 1. The molecule has 0 radical (unpaired) electrons. The molecule has 3 aromatic rings. The van der Waals surface area contributed by atoms with Gasteiger partial charge in [0.25, 0.3) is 0 Å². The molecule has 198 valence electrons. The molecule has 0 atom stereocenters. The molecule has 5 rings (SSSR count). The topological polar surface area (TPSA) is 88.3 Å². The highest BCUT2D eigenvalue weighted by Gasteiger charge is 2.34. The average molecular weight is 511 g/mol. The lowest BCUT2D eigenvalue weighted by Crippen LogP contribution is -2.43. The predicted molar refractivity (Wildman–Crippen MR) is 152 cm³/mol. The van der Waals surface area contributed by atoms with Crippen LogP contribution in [-0.2, 0) is 15.1 Å². The number of hydrogen-bond acceptors (Lipinski definition) is 4. The molecule has 0 bridgehead atoms. The van der Waals surface area contributed by atoms with Crippen molar-refractivity contribution in [2.75, 3.05) is 12.4 Å². The molecule has 0 spiro atoms. The highest BCUT2D eigenvalue weighted by molar-refractivity contribution is 5.93. The second kappa shape index (κ2) is 11.1. The Labute approximate surface area is 225 Å². The van der Waals surface area contributed by atoms with Crippen molar-refractivity contribution in [3.8, 4) is 22.4 Å². The van der Waals surface area contributed by atoms with Gasteiger partial charge in [0.2, 0.25) is 11.8 Å². The van der Waals surface area contributed by atoms with Crippen LogP contribution in [0.2, 0.25) is 0 Å². The van der Waals surface area contributed by atoms with E-state index in [2.05, 4.69) is 41.7 Å². The van der Waals surface area contributed by atoms with E-state index in [1.54, 1.807) is 13.1 Å². The normalized spacial score (nSPS) is 20.3. The standard InChI is InChI=1S/C32H38N4O2/c1-22(37)36(2)28-15-9-23(10-16-28)19-30(38)35-27-20-29(24-7-4-3-5-8-24)31(34-21-27)25-11-13-26(14-12-25)32(33)17-6-18-32/h3-5,7-8,11-14,20-21,23,28H,6,9-10,15-19,33H2,1-2H3,(H,35,38). The fourth-order valence-electron chi connectivity index (χ4n) is 5.87. The number of aromatic nitrogens is 1. The molecule has 38 heavy (non-hydrogen) atoms. The summed E-state index contributed by atoms with van der Waals surface area (Å²) in [4.78, 5) is 31.3. The number of benzene rings is 2. The minimum absolute atomic E-state index is 0.0139. The fourth-order valence-corrected chi connectivity index (χ4v) is 5.87. The molecular formula is C32H38N4O2. The number of carbonyl (C=O) groups is 2. The quantitative estimate of drug-likeness (QED) is 0.401. The Morgan fingerprint density at radius 2 is 1.68 bits per heavy atom. The maximum Gasteiger partial charge on any atom is 0.224 e. The van der Waals surface area contributed by atoms with Gasteiger partial charge in [-0.2, -0.15) is 0 Å². The molecule has 0 aliphatic heterocycles. The summed E-state index contributed by atoms with van der Waals surface area (Å²) in [6, 6.07) is 21.0. The summed E-state index contributed by atoms with van der Waals surface area (Å²) in [6.45, 7) is 1.61. The van der Waals surface area contributed by atoms with Gasteiger partial charge in [-0.25, -0.2) is 0 Å². The first-order chi connectivity index (χ1) is 18.3. The van der Waals surface area contributed by atoms with Gasteiger partial charge >= 0.3 is 0 Å². The van der Waals surface area contributed by atoms with Gasteiger partial charge in [0.15, 0.2) is 0 Å². The Morgan fingerprint density at radius 1 is 1.00 bits per heavy atom. The third-order valence-corrected chi connectivity index (χ3v) is 8.57. The first-order valence-electron chi connectivity index (χ1n) is 13.8. The fraction of sp³-hybridized carbons (Fsp3) is 0.406. The smallest absolute Gasteiger partial charge is 0.224 e. The molecule has 1 aromatic heterocycles. The van der Waals surface area contributed by atoms with Gasteiger partial charge in [0, 0.05) is 43.1 Å². The zero-order valence-electron chi connectivity index (χ0n) is 22.5. The molecular weight excluding hydrogens is 472 g/mol. The van der Waals surface area contributed by atoms with Crippen molar-refractivity contribution in [3.63, 3.8) is 0 Å². The Kier molecular flexibility index (Phi) is 7.61. The highest BCUT2D eigenvalue weighted by atomic mass is 16.2. The van der Waals surface area contributed by atoms with Gasteiger partial charge in [0.05, 0.1) is 17.6 Å². The molecule has 3 N–H and O–H groups in total. The largest absolute Gasteiger partial charge is 0.343 e. The number of pyridine rings is 1. The number of anilines is 1. The summed E-state index contributed by atoms with van der Waals surface area (Å²) in [7, 11) is 1.87. The van der Waals surface area contributed by atoms with Crippen molar-refractivity contribution in [2.45, 2.75) is 69.9 Å². The third-order valence-electron chi connectivity index (χ3n) is 8.57. The van der Waals surface area contributed by atoms with Gasteiger partial charge in [-0.1, -0.05) is 54.6 Å². The van der Waals surface area contributed by atoms with Crippen LogP contribution in [0.3, 0.4) is 0 Å². The van der Waals surface area contributed by atoms with E-state index in [0.717, 1.165) is 60.9 Å². The Balaban J connectivity index is 1.30. The van der Waals surface area contributed by atoms with Crippen LogP contribution < -0.4 is 11.1 Å². The molecule has 2 saturated carbocycles. The maximum atomic E-state index is 13.0. The van der Waals surface area contributed by atoms with Crippen molar-refractivity contribution in [1.82, 2.24) is 9.88 Å². The van der Waals surface area contributed by atoms with Crippen LogP contribution in [0.4, 0.5) is 5.69 Å². The van der Waals surface area contributed by atoms with Crippen molar-refractivity contribution in [1.29, 1.82) is 0 Å². The molecule has 2 amide bonds. The van der Waals surface area contributed by atoms with Crippen molar-refractivity contribution >= 4 is 17.5 Å². The van der Waals surface area contributed by atoms with Crippen LogP contribution in [0.5, 0.6) is 0 Å². The van der Waals surface area contributed by atoms with Crippen LogP contribution in [0.25, 0.3) is 22.4 Å². The Hall–Kier alpha value is -3.51. The van der Waals surface area contributed by atoms with Gasteiger partial charge in [-0.3, -0.25) is 14.6 Å². The lowest BCUT2D eigenvalue weighted by atomic mass is 9.72. The molecule has 2 aromatic carbocycles. The number of nitrogens with zero attached hydrogens (tertiary/aromatic N) is 2. The molecule has 2 aliphatic rings. The summed E-state index contributed by atoms with van der Waals surface area (Å²) in [5, 5.41) is 3.09. The van der Waals surface area contributed by atoms with Crippen LogP contribution >= 0.6 is 0 Å². The van der Waals surface area contributed by atoms with Crippen LogP contribution in [-0.4, -0.2) is 34.8 Å². The van der Waals surface area contributed by atoms with E-state index in [1.807, 2.05) is 36.2 Å². The van der Waals surface area contributed by atoms with E-state index in [1.165, 1.54) is 12.0 Å². The summed E-state index contributed by atoms with van der Waals surface area (Å²) in [5.41, 5.74) is 12.2. The van der Waals surface area contributed by atoms with E-state index >= 15 is 0 Å². The number of rotatable bonds is 7. The van der Waals surface area contributed by atoms with Gasteiger partial charge in [-0.15, -0.1) is 0 Å². The van der Waals surface area contributed by atoms with Crippen molar-refractivity contribution in [2.24, 2.45) is 11.7 Å². The number of hydrogen-bond donors (Lipinski definition) is 2. The zero-order chi connectivity index (χ0) is 26.7. The second-order valence-corrected chi connectivity index (χ2v) is 11.1. The van der Waals surface area contributed by atoms with Crippen LogP contribution in [0, 0.1) is 5.92 Å². The van der Waals surface area contributed by atoms with E-state index < -0.39 is 0 Å². The summed E-state index contributed by atoms with van der Waals surface area (Å²) in [6.07, 6.45) is 9.31. The number of nitrogens with two attached hydrogens (primary N) is 1. The SMILES string of the molecule is CC(=O)N(C)C1CCC(CC(=O)Nc2cnc(-c3ccc(C4(N)CCC4)cc3)c(-c3ccccc3)c2)CC1. The lowest BCUT2D eigenvalue weighted by Gasteiger charge is -2.38. The first-order valence-corrected chi connectivity index (χ1v) is 13.8. The zero-order valence-corrected chi connectivity index (χ0v) is 22.5. The summed E-state index contributed by atoms with van der Waals surface area (Å²) in [5.74, 6) is 0.460.